The first-order chi connectivity index (χ1) is 10.0. The van der Waals surface area contributed by atoms with E-state index in [1.165, 1.54) is 0 Å². The van der Waals surface area contributed by atoms with Crippen LogP contribution < -0.4 is 0 Å². The van der Waals surface area contributed by atoms with Crippen molar-refractivity contribution in [3.05, 3.63) is 34.9 Å². The summed E-state index contributed by atoms with van der Waals surface area (Å²) in [6.45, 7) is 10.1. The van der Waals surface area contributed by atoms with Crippen molar-refractivity contribution in [1.29, 1.82) is 0 Å². The van der Waals surface area contributed by atoms with Crippen molar-refractivity contribution in [3.8, 4) is 0 Å². The van der Waals surface area contributed by atoms with Crippen LogP contribution in [-0.2, 0) is 0 Å². The average Bonchev–Trinajstić information content (AvgIpc) is 2.63. The van der Waals surface area contributed by atoms with Gasteiger partial charge >= 0.3 is 0 Å². The number of benzene rings is 1. The van der Waals surface area contributed by atoms with Crippen LogP contribution in [0, 0.1) is 13.8 Å². The first-order valence-corrected chi connectivity index (χ1v) is 8.04. The highest BCUT2D eigenvalue weighted by Gasteiger charge is 2.24. The number of rotatable bonds is 4. The maximum atomic E-state index is 12.7. The Morgan fingerprint density at radius 3 is 2.76 bits per heavy atom. The fourth-order valence-corrected chi connectivity index (χ4v) is 3.19. The molecule has 2 rings (SSSR count). The van der Waals surface area contributed by atoms with Crippen molar-refractivity contribution in [2.75, 3.05) is 33.2 Å². The number of carbonyl (C=O) groups excluding carboxylic acids is 1. The Morgan fingerprint density at radius 1 is 1.29 bits per heavy atom. The molecule has 0 bridgehead atoms. The number of Topliss-reactive ketones (excluding diaryl/α,β-unsaturated/α-hetero) is 1. The summed E-state index contributed by atoms with van der Waals surface area (Å²) in [4.78, 5) is 17.5. The van der Waals surface area contributed by atoms with Crippen LogP contribution in [0.3, 0.4) is 0 Å². The summed E-state index contributed by atoms with van der Waals surface area (Å²) in [6, 6.07) is 6.65. The van der Waals surface area contributed by atoms with Gasteiger partial charge in [-0.2, -0.15) is 0 Å². The lowest BCUT2D eigenvalue weighted by atomic mass is 10.0. The first-order valence-electron chi connectivity index (χ1n) is 8.04. The topological polar surface area (TPSA) is 23.6 Å². The number of likely N-dealkylation sites (N-methyl/N-ethyl adjacent to an activating group) is 1. The Labute approximate surface area is 128 Å². The lowest BCUT2D eigenvalue weighted by molar-refractivity contribution is 0.0887. The van der Waals surface area contributed by atoms with Gasteiger partial charge in [0, 0.05) is 24.7 Å². The van der Waals surface area contributed by atoms with Gasteiger partial charge in [-0.25, -0.2) is 0 Å². The van der Waals surface area contributed by atoms with Gasteiger partial charge in [0.05, 0.1) is 6.54 Å². The molecule has 1 aromatic carbocycles. The second-order valence-corrected chi connectivity index (χ2v) is 6.39. The highest BCUT2D eigenvalue weighted by atomic mass is 16.1. The molecule has 116 valence electrons. The number of aryl methyl sites for hydroxylation is 2. The Balaban J connectivity index is 2.11. The van der Waals surface area contributed by atoms with E-state index in [2.05, 4.69) is 35.9 Å². The minimum absolute atomic E-state index is 0.263. The Hall–Kier alpha value is -1.19. The van der Waals surface area contributed by atoms with Gasteiger partial charge in [0.25, 0.3) is 0 Å². The lowest BCUT2D eigenvalue weighted by Gasteiger charge is -2.29. The van der Waals surface area contributed by atoms with Crippen LogP contribution in [0.4, 0.5) is 0 Å². The van der Waals surface area contributed by atoms with E-state index >= 15 is 0 Å². The minimum atomic E-state index is 0.263. The third kappa shape index (κ3) is 4.14. The molecule has 1 unspecified atom stereocenters. The van der Waals surface area contributed by atoms with Gasteiger partial charge in [-0.05, 0) is 51.9 Å². The van der Waals surface area contributed by atoms with Crippen molar-refractivity contribution in [2.24, 2.45) is 0 Å². The predicted molar refractivity (Wildman–Crippen MR) is 88.0 cm³/mol. The van der Waals surface area contributed by atoms with Crippen LogP contribution in [0.15, 0.2) is 18.2 Å². The van der Waals surface area contributed by atoms with Gasteiger partial charge in [0.2, 0.25) is 0 Å². The second-order valence-electron chi connectivity index (χ2n) is 6.39. The van der Waals surface area contributed by atoms with Crippen molar-refractivity contribution < 1.29 is 4.79 Å². The van der Waals surface area contributed by atoms with E-state index in [4.69, 9.17) is 0 Å². The van der Waals surface area contributed by atoms with E-state index in [1.54, 1.807) is 0 Å². The minimum Gasteiger partial charge on any atom is -0.305 e. The molecular formula is C18H28N2O. The van der Waals surface area contributed by atoms with Gasteiger partial charge in [0.1, 0.15) is 0 Å². The van der Waals surface area contributed by atoms with E-state index in [1.807, 2.05) is 19.9 Å². The third-order valence-electron chi connectivity index (χ3n) is 4.54. The molecule has 0 aliphatic carbocycles. The summed E-state index contributed by atoms with van der Waals surface area (Å²) in [5, 5.41) is 0. The molecule has 1 aliphatic heterocycles. The van der Waals surface area contributed by atoms with Crippen LogP contribution >= 0.6 is 0 Å². The lowest BCUT2D eigenvalue weighted by Crippen LogP contribution is -2.42. The highest BCUT2D eigenvalue weighted by Crippen LogP contribution is 2.16. The first kappa shape index (κ1) is 16.2. The Bertz CT molecular complexity index is 498. The van der Waals surface area contributed by atoms with Gasteiger partial charge in [-0.1, -0.05) is 24.6 Å². The average molecular weight is 288 g/mol. The number of nitrogens with zero attached hydrogens (tertiary/aromatic N) is 2. The largest absolute Gasteiger partial charge is 0.305 e. The van der Waals surface area contributed by atoms with Gasteiger partial charge in [-0.15, -0.1) is 0 Å². The number of carbonyl (C=O) groups is 1. The number of hydrogen-bond acceptors (Lipinski definition) is 3. The Kier molecular flexibility index (Phi) is 5.54. The molecule has 0 aromatic heterocycles. The van der Waals surface area contributed by atoms with Gasteiger partial charge < -0.3 is 4.90 Å². The maximum absolute atomic E-state index is 12.7. The summed E-state index contributed by atoms with van der Waals surface area (Å²) in [5.41, 5.74) is 3.14. The molecule has 21 heavy (non-hydrogen) atoms. The monoisotopic (exact) mass is 288 g/mol. The summed E-state index contributed by atoms with van der Waals surface area (Å²) < 4.78 is 0. The van der Waals surface area contributed by atoms with Crippen molar-refractivity contribution >= 4 is 5.78 Å². The molecule has 3 heteroatoms. The summed E-state index contributed by atoms with van der Waals surface area (Å²) in [7, 11) is 2.18. The normalized spacial score (nSPS) is 21.2. The quantitative estimate of drug-likeness (QED) is 0.796. The zero-order valence-corrected chi connectivity index (χ0v) is 13.9. The summed E-state index contributed by atoms with van der Waals surface area (Å²) in [6.07, 6.45) is 2.25. The fraction of sp³-hybridized carbons (Fsp3) is 0.611. The smallest absolute Gasteiger partial charge is 0.177 e. The number of hydrogen-bond donors (Lipinski definition) is 0. The molecule has 1 aliphatic rings. The number of ketones is 1. The highest BCUT2D eigenvalue weighted by molar-refractivity contribution is 5.99. The van der Waals surface area contributed by atoms with Crippen LogP contribution in [0.25, 0.3) is 0 Å². The Morgan fingerprint density at radius 2 is 2.05 bits per heavy atom. The molecule has 1 atom stereocenters. The van der Waals surface area contributed by atoms with Crippen LogP contribution in [0.1, 0.15) is 41.3 Å². The molecule has 1 saturated heterocycles. The maximum Gasteiger partial charge on any atom is 0.177 e. The second kappa shape index (κ2) is 7.19. The zero-order chi connectivity index (χ0) is 15.4. The van der Waals surface area contributed by atoms with E-state index in [9.17, 15) is 4.79 Å². The fourth-order valence-electron chi connectivity index (χ4n) is 3.19. The third-order valence-corrected chi connectivity index (χ3v) is 4.54. The van der Waals surface area contributed by atoms with Crippen molar-refractivity contribution in [2.45, 2.75) is 39.7 Å². The van der Waals surface area contributed by atoms with E-state index in [-0.39, 0.29) is 5.78 Å². The standard InChI is InChI=1S/C18H28N2O/c1-5-16-12-19(4)9-6-10-20(16)13-18(21)17-11-14(2)7-8-15(17)3/h7-8,11,16H,5-6,9-10,12-13H2,1-4H3. The molecule has 1 aromatic rings. The summed E-state index contributed by atoms with van der Waals surface area (Å²) in [5.74, 6) is 0.263. The summed E-state index contributed by atoms with van der Waals surface area (Å²) >= 11 is 0. The van der Waals surface area contributed by atoms with E-state index in [0.29, 0.717) is 12.6 Å². The SMILES string of the molecule is CCC1CN(C)CCCN1CC(=O)c1cc(C)ccc1C. The van der Waals surface area contributed by atoms with Gasteiger partial charge in [0.15, 0.2) is 5.78 Å². The molecule has 1 heterocycles. The molecule has 1 fully saturated rings. The molecule has 0 amide bonds. The molecule has 3 nitrogen and oxygen atoms in total. The van der Waals surface area contributed by atoms with Crippen molar-refractivity contribution in [3.63, 3.8) is 0 Å². The van der Waals surface area contributed by atoms with E-state index < -0.39 is 0 Å². The zero-order valence-electron chi connectivity index (χ0n) is 13.9. The molecule has 0 saturated carbocycles. The van der Waals surface area contributed by atoms with Crippen molar-refractivity contribution in [1.82, 2.24) is 9.80 Å². The molecule has 0 radical (unpaired) electrons. The van der Waals surface area contributed by atoms with Crippen LogP contribution in [-0.4, -0.2) is 54.9 Å². The van der Waals surface area contributed by atoms with Crippen LogP contribution in [0.2, 0.25) is 0 Å². The molecule has 0 N–H and O–H groups in total. The van der Waals surface area contributed by atoms with Gasteiger partial charge in [-0.3, -0.25) is 9.69 Å². The molecular weight excluding hydrogens is 260 g/mol. The molecule has 0 spiro atoms. The predicted octanol–water partition coefficient (Wildman–Crippen LogP) is 2.90. The van der Waals surface area contributed by atoms with E-state index in [0.717, 1.165) is 49.2 Å². The van der Waals surface area contributed by atoms with Crippen LogP contribution in [0.5, 0.6) is 0 Å².